The molecule has 21 heavy (non-hydrogen) atoms. The molecule has 1 aromatic carbocycles. The van der Waals surface area contributed by atoms with Crippen molar-refractivity contribution in [3.05, 3.63) is 29.3 Å². The fourth-order valence-electron chi connectivity index (χ4n) is 2.21. The van der Waals surface area contributed by atoms with Crippen LogP contribution in [-0.2, 0) is 20.5 Å². The summed E-state index contributed by atoms with van der Waals surface area (Å²) in [5.74, 6) is 0. The fraction of sp³-hybridized carbons (Fsp3) is 0.462. The summed E-state index contributed by atoms with van der Waals surface area (Å²) in [6.07, 6.45) is 0. The van der Waals surface area contributed by atoms with Gasteiger partial charge in [-0.2, -0.15) is 17.9 Å². The van der Waals surface area contributed by atoms with Crippen LogP contribution in [0.3, 0.4) is 0 Å². The first kappa shape index (κ1) is 14.9. The molecule has 0 unspecified atom stereocenters. The van der Waals surface area contributed by atoms with E-state index in [1.807, 2.05) is 24.3 Å². The lowest BCUT2D eigenvalue weighted by Crippen LogP contribution is -2.61. The van der Waals surface area contributed by atoms with Crippen LogP contribution in [0.4, 0.5) is 0 Å². The molecule has 1 aromatic heterocycles. The van der Waals surface area contributed by atoms with E-state index in [2.05, 4.69) is 14.4 Å². The Hall–Kier alpha value is -1.06. The van der Waals surface area contributed by atoms with E-state index in [9.17, 15) is 8.42 Å². The minimum atomic E-state index is -3.60. The number of para-hydroxylation sites is 1. The Labute approximate surface area is 127 Å². The average molecular weight is 327 g/mol. The van der Waals surface area contributed by atoms with Crippen molar-refractivity contribution < 1.29 is 13.2 Å². The highest BCUT2D eigenvalue weighted by Crippen LogP contribution is 2.35. The smallest absolute Gasteiger partial charge is 0.278 e. The number of benzene rings is 1. The van der Waals surface area contributed by atoms with E-state index < -0.39 is 15.7 Å². The Morgan fingerprint density at radius 2 is 2.05 bits per heavy atom. The van der Waals surface area contributed by atoms with Gasteiger partial charge in [-0.25, -0.2) is 4.98 Å². The summed E-state index contributed by atoms with van der Waals surface area (Å²) in [7, 11) is -3.60. The molecule has 0 saturated carbocycles. The molecule has 1 aliphatic heterocycles. The predicted molar refractivity (Wildman–Crippen MR) is 82.4 cm³/mol. The van der Waals surface area contributed by atoms with Crippen LogP contribution >= 0.6 is 11.3 Å². The average Bonchev–Trinajstić information content (AvgIpc) is 2.76. The predicted octanol–water partition coefficient (Wildman–Crippen LogP) is 1.35. The van der Waals surface area contributed by atoms with Gasteiger partial charge in [0.2, 0.25) is 0 Å². The number of nitrogens with zero attached hydrogens (tertiary/aromatic N) is 1. The number of fused-ring (bicyclic) bond motifs is 1. The highest BCUT2D eigenvalue weighted by Gasteiger charge is 2.46. The third-order valence-electron chi connectivity index (χ3n) is 3.12. The fourth-order valence-corrected chi connectivity index (χ4v) is 4.76. The Kier molecular flexibility index (Phi) is 3.74. The summed E-state index contributed by atoms with van der Waals surface area (Å²) in [6.45, 7) is 4.15. The van der Waals surface area contributed by atoms with Crippen molar-refractivity contribution in [3.63, 3.8) is 0 Å². The molecule has 0 aliphatic carbocycles. The molecule has 1 saturated heterocycles. The zero-order valence-corrected chi connectivity index (χ0v) is 13.4. The largest absolute Gasteiger partial charge is 0.376 e. The molecular formula is C13H17N3O3S2. The first-order chi connectivity index (χ1) is 9.90. The zero-order chi connectivity index (χ0) is 15.1. The Bertz CT molecular complexity index is 718. The van der Waals surface area contributed by atoms with E-state index in [0.717, 1.165) is 15.2 Å². The van der Waals surface area contributed by atoms with Gasteiger partial charge in [-0.1, -0.05) is 12.1 Å². The second-order valence-electron chi connectivity index (χ2n) is 5.44. The molecule has 0 atom stereocenters. The van der Waals surface area contributed by atoms with Crippen LogP contribution in [0.2, 0.25) is 0 Å². The van der Waals surface area contributed by atoms with Crippen molar-refractivity contribution in [3.8, 4) is 0 Å². The van der Waals surface area contributed by atoms with E-state index in [1.54, 1.807) is 13.8 Å². The van der Waals surface area contributed by atoms with Crippen LogP contribution in [0.25, 0.3) is 10.2 Å². The normalized spacial score (nSPS) is 18.0. The maximum atomic E-state index is 12.1. The van der Waals surface area contributed by atoms with Gasteiger partial charge < -0.3 is 4.74 Å². The molecule has 0 bridgehead atoms. The molecule has 2 heterocycles. The molecule has 1 fully saturated rings. The number of aromatic nitrogens is 1. The van der Waals surface area contributed by atoms with Gasteiger partial charge in [-0.15, -0.1) is 11.3 Å². The first-order valence-electron chi connectivity index (χ1n) is 6.65. The summed E-state index contributed by atoms with van der Waals surface area (Å²) in [4.78, 5) is 4.55. The van der Waals surface area contributed by atoms with Gasteiger partial charge in [0.1, 0.15) is 10.5 Å². The van der Waals surface area contributed by atoms with Crippen LogP contribution in [0, 0.1) is 0 Å². The van der Waals surface area contributed by atoms with E-state index in [0.29, 0.717) is 13.2 Å². The standard InChI is InChI=1S/C13H17N3O3S2/c1-9(2)15-21(17,18)16-13(7-19-8-13)12-14-10-5-3-4-6-11(10)20-12/h3-6,9,15-16H,7-8H2,1-2H3. The van der Waals surface area contributed by atoms with Crippen molar-refractivity contribution >= 4 is 31.8 Å². The highest BCUT2D eigenvalue weighted by atomic mass is 32.2. The Morgan fingerprint density at radius 1 is 1.33 bits per heavy atom. The molecular weight excluding hydrogens is 310 g/mol. The van der Waals surface area contributed by atoms with Crippen LogP contribution in [-0.4, -0.2) is 32.7 Å². The molecule has 114 valence electrons. The quantitative estimate of drug-likeness (QED) is 0.869. The van der Waals surface area contributed by atoms with Gasteiger partial charge in [0.25, 0.3) is 10.2 Å². The lowest BCUT2D eigenvalue weighted by atomic mass is 10.0. The van der Waals surface area contributed by atoms with Crippen molar-refractivity contribution in [2.75, 3.05) is 13.2 Å². The lowest BCUT2D eigenvalue weighted by Gasteiger charge is -2.39. The molecule has 3 rings (SSSR count). The van der Waals surface area contributed by atoms with Gasteiger partial charge >= 0.3 is 0 Å². The SMILES string of the molecule is CC(C)NS(=O)(=O)NC1(c2nc3ccccc3s2)COC1. The van der Waals surface area contributed by atoms with E-state index >= 15 is 0 Å². The van der Waals surface area contributed by atoms with Gasteiger partial charge in [0, 0.05) is 6.04 Å². The van der Waals surface area contributed by atoms with Gasteiger partial charge in [0.15, 0.2) is 0 Å². The van der Waals surface area contributed by atoms with Crippen LogP contribution < -0.4 is 9.44 Å². The number of nitrogens with one attached hydrogen (secondary N) is 2. The summed E-state index contributed by atoms with van der Waals surface area (Å²) in [6, 6.07) is 7.59. The number of hydrogen-bond acceptors (Lipinski definition) is 5. The van der Waals surface area contributed by atoms with E-state index in [4.69, 9.17) is 4.74 Å². The number of rotatable bonds is 5. The van der Waals surface area contributed by atoms with E-state index in [1.165, 1.54) is 11.3 Å². The van der Waals surface area contributed by atoms with Gasteiger partial charge in [-0.05, 0) is 26.0 Å². The monoisotopic (exact) mass is 327 g/mol. The van der Waals surface area contributed by atoms with Crippen molar-refractivity contribution in [1.82, 2.24) is 14.4 Å². The Morgan fingerprint density at radius 3 is 2.62 bits per heavy atom. The molecule has 2 aromatic rings. The molecule has 0 radical (unpaired) electrons. The zero-order valence-electron chi connectivity index (χ0n) is 11.8. The molecule has 6 nitrogen and oxygen atoms in total. The third-order valence-corrected chi connectivity index (χ3v) is 5.80. The molecule has 0 amide bonds. The summed E-state index contributed by atoms with van der Waals surface area (Å²) in [5, 5.41) is 0.740. The molecule has 0 spiro atoms. The third kappa shape index (κ3) is 2.95. The van der Waals surface area contributed by atoms with E-state index in [-0.39, 0.29) is 6.04 Å². The maximum absolute atomic E-state index is 12.1. The summed E-state index contributed by atoms with van der Waals surface area (Å²) in [5.41, 5.74) is 0.115. The summed E-state index contributed by atoms with van der Waals surface area (Å²) < 4.78 is 35.8. The summed E-state index contributed by atoms with van der Waals surface area (Å²) >= 11 is 1.49. The van der Waals surface area contributed by atoms with Crippen LogP contribution in [0.15, 0.2) is 24.3 Å². The maximum Gasteiger partial charge on any atom is 0.278 e. The van der Waals surface area contributed by atoms with Crippen LogP contribution in [0.1, 0.15) is 18.9 Å². The van der Waals surface area contributed by atoms with Crippen molar-refractivity contribution in [2.45, 2.75) is 25.4 Å². The Balaban J connectivity index is 1.93. The number of ether oxygens (including phenoxy) is 1. The lowest BCUT2D eigenvalue weighted by molar-refractivity contribution is -0.0665. The molecule has 1 aliphatic rings. The highest BCUT2D eigenvalue weighted by molar-refractivity contribution is 7.87. The van der Waals surface area contributed by atoms with Crippen molar-refractivity contribution in [2.24, 2.45) is 0 Å². The van der Waals surface area contributed by atoms with Crippen LogP contribution in [0.5, 0.6) is 0 Å². The molecule has 8 heteroatoms. The second-order valence-corrected chi connectivity index (χ2v) is 7.92. The topological polar surface area (TPSA) is 80.3 Å². The van der Waals surface area contributed by atoms with Gasteiger partial charge in [0.05, 0.1) is 23.4 Å². The molecule has 2 N–H and O–H groups in total. The van der Waals surface area contributed by atoms with Crippen molar-refractivity contribution in [1.29, 1.82) is 0 Å². The van der Waals surface area contributed by atoms with Gasteiger partial charge in [-0.3, -0.25) is 0 Å². The number of thiazole rings is 1. The first-order valence-corrected chi connectivity index (χ1v) is 8.95. The second kappa shape index (κ2) is 5.29. The minimum absolute atomic E-state index is 0.170. The minimum Gasteiger partial charge on any atom is -0.376 e. The number of hydrogen-bond donors (Lipinski definition) is 2.